The van der Waals surface area contributed by atoms with Gasteiger partial charge in [-0.1, -0.05) is 36.4 Å². The molecule has 2 rings (SSSR count). The predicted octanol–water partition coefficient (Wildman–Crippen LogP) is 3.06. The van der Waals surface area contributed by atoms with E-state index in [0.29, 0.717) is 6.92 Å². The number of esters is 2. The van der Waals surface area contributed by atoms with Crippen molar-refractivity contribution in [3.05, 3.63) is 71.8 Å². The standard InChI is InChI=1S/C20H20F2O6/c1-20(21,22)17(28-19(25)15-10-6-3-7-11-15)16(27-13-23)12-26-18(24)14-8-4-2-5-9-14/h2-11,16-17,23H,12-13H2,1H3/t16-,17?/m1/s1. The summed E-state index contributed by atoms with van der Waals surface area (Å²) in [5.41, 5.74) is 0.284. The van der Waals surface area contributed by atoms with Crippen LogP contribution >= 0.6 is 0 Å². The normalized spacial score (nSPS) is 13.4. The van der Waals surface area contributed by atoms with Crippen molar-refractivity contribution in [2.45, 2.75) is 25.1 Å². The lowest BCUT2D eigenvalue weighted by atomic mass is 10.1. The molecule has 8 heteroatoms. The smallest absolute Gasteiger partial charge is 0.338 e. The van der Waals surface area contributed by atoms with Crippen molar-refractivity contribution in [1.29, 1.82) is 0 Å². The molecule has 0 aromatic heterocycles. The summed E-state index contributed by atoms with van der Waals surface area (Å²) < 4.78 is 43.0. The van der Waals surface area contributed by atoms with Crippen LogP contribution in [0.25, 0.3) is 0 Å². The molecular weight excluding hydrogens is 374 g/mol. The van der Waals surface area contributed by atoms with Crippen LogP contribution in [0.3, 0.4) is 0 Å². The Morgan fingerprint density at radius 2 is 1.46 bits per heavy atom. The quantitative estimate of drug-likeness (QED) is 0.520. The molecule has 0 fully saturated rings. The second-order valence-electron chi connectivity index (χ2n) is 5.95. The first kappa shape index (κ1) is 21.5. The van der Waals surface area contributed by atoms with E-state index in [1.54, 1.807) is 36.4 Å². The number of alkyl halides is 2. The minimum Gasteiger partial charge on any atom is -0.459 e. The van der Waals surface area contributed by atoms with E-state index >= 15 is 0 Å². The zero-order valence-electron chi connectivity index (χ0n) is 15.1. The molecule has 0 aliphatic heterocycles. The number of carbonyl (C=O) groups excluding carboxylic acids is 2. The van der Waals surface area contributed by atoms with Crippen LogP contribution in [0.15, 0.2) is 60.7 Å². The van der Waals surface area contributed by atoms with Gasteiger partial charge in [0.05, 0.1) is 11.1 Å². The van der Waals surface area contributed by atoms with Gasteiger partial charge in [0.2, 0.25) is 0 Å². The Bertz CT molecular complexity index is 761. The van der Waals surface area contributed by atoms with Crippen molar-refractivity contribution in [3.63, 3.8) is 0 Å². The van der Waals surface area contributed by atoms with Crippen LogP contribution in [0, 0.1) is 0 Å². The zero-order valence-corrected chi connectivity index (χ0v) is 15.1. The first-order chi connectivity index (χ1) is 13.3. The molecule has 0 radical (unpaired) electrons. The largest absolute Gasteiger partial charge is 0.459 e. The van der Waals surface area contributed by atoms with Gasteiger partial charge in [0.1, 0.15) is 19.5 Å². The fourth-order valence-electron chi connectivity index (χ4n) is 2.40. The first-order valence-electron chi connectivity index (χ1n) is 8.41. The molecule has 0 saturated heterocycles. The molecule has 6 nitrogen and oxygen atoms in total. The average Bonchev–Trinajstić information content (AvgIpc) is 2.69. The molecule has 1 N–H and O–H groups in total. The molecule has 28 heavy (non-hydrogen) atoms. The molecule has 1 unspecified atom stereocenters. The number of hydrogen-bond donors (Lipinski definition) is 1. The SMILES string of the molecule is CC(F)(F)C(OC(=O)c1ccccc1)[C@@H](COC(=O)c1ccccc1)OCO. The molecule has 0 spiro atoms. The summed E-state index contributed by atoms with van der Waals surface area (Å²) in [6.07, 6.45) is -3.67. The topological polar surface area (TPSA) is 82.1 Å². The van der Waals surface area contributed by atoms with Gasteiger partial charge in [-0.05, 0) is 24.3 Å². The maximum Gasteiger partial charge on any atom is 0.338 e. The number of ether oxygens (including phenoxy) is 3. The third-order valence-electron chi connectivity index (χ3n) is 3.76. The van der Waals surface area contributed by atoms with Gasteiger partial charge in [-0.3, -0.25) is 0 Å². The Morgan fingerprint density at radius 3 is 1.93 bits per heavy atom. The molecule has 150 valence electrons. The number of aliphatic hydroxyl groups is 1. The van der Waals surface area contributed by atoms with Gasteiger partial charge in [-0.25, -0.2) is 18.4 Å². The van der Waals surface area contributed by atoms with Crippen molar-refractivity contribution < 1.29 is 37.7 Å². The number of hydrogen-bond acceptors (Lipinski definition) is 6. The number of aliphatic hydroxyl groups excluding tert-OH is 1. The molecule has 0 amide bonds. The van der Waals surface area contributed by atoms with Gasteiger partial charge >= 0.3 is 11.9 Å². The summed E-state index contributed by atoms with van der Waals surface area (Å²) in [6.45, 7) is -1.03. The number of carbonyl (C=O) groups is 2. The van der Waals surface area contributed by atoms with Crippen molar-refractivity contribution in [3.8, 4) is 0 Å². The first-order valence-corrected chi connectivity index (χ1v) is 8.41. The summed E-state index contributed by atoms with van der Waals surface area (Å²) in [5, 5.41) is 9.04. The second kappa shape index (κ2) is 9.91. The van der Waals surface area contributed by atoms with Gasteiger partial charge in [-0.15, -0.1) is 0 Å². The number of rotatable bonds is 9. The van der Waals surface area contributed by atoms with Crippen LogP contribution in [0.5, 0.6) is 0 Å². The van der Waals surface area contributed by atoms with Crippen LogP contribution < -0.4 is 0 Å². The molecule has 2 aromatic carbocycles. The third-order valence-corrected chi connectivity index (χ3v) is 3.76. The second-order valence-corrected chi connectivity index (χ2v) is 5.95. The van der Waals surface area contributed by atoms with E-state index in [4.69, 9.17) is 19.3 Å². The molecule has 0 saturated carbocycles. The van der Waals surface area contributed by atoms with E-state index in [1.165, 1.54) is 24.3 Å². The molecular formula is C20H20F2O6. The van der Waals surface area contributed by atoms with Crippen molar-refractivity contribution in [1.82, 2.24) is 0 Å². The fraction of sp³-hybridized carbons (Fsp3) is 0.300. The zero-order chi connectivity index (χ0) is 20.6. The van der Waals surface area contributed by atoms with E-state index < -0.39 is 43.5 Å². The van der Waals surface area contributed by atoms with Gasteiger partial charge in [0.25, 0.3) is 5.92 Å². The maximum atomic E-state index is 14.1. The number of halogens is 2. The lowest BCUT2D eigenvalue weighted by molar-refractivity contribution is -0.186. The summed E-state index contributed by atoms with van der Waals surface area (Å²) in [5.74, 6) is -5.28. The Balaban J connectivity index is 2.13. The van der Waals surface area contributed by atoms with Crippen LogP contribution in [-0.2, 0) is 14.2 Å². The summed E-state index contributed by atoms with van der Waals surface area (Å²) >= 11 is 0. The van der Waals surface area contributed by atoms with Crippen LogP contribution in [-0.4, -0.2) is 48.6 Å². The Morgan fingerprint density at radius 1 is 0.964 bits per heavy atom. The molecule has 2 aromatic rings. The number of benzene rings is 2. The summed E-state index contributed by atoms with van der Waals surface area (Å²) in [4.78, 5) is 24.2. The van der Waals surface area contributed by atoms with Gasteiger partial charge in [-0.2, -0.15) is 0 Å². The maximum absolute atomic E-state index is 14.1. The Labute approximate surface area is 160 Å². The van der Waals surface area contributed by atoms with Crippen molar-refractivity contribution in [2.24, 2.45) is 0 Å². The molecule has 0 heterocycles. The predicted molar refractivity (Wildman–Crippen MR) is 94.9 cm³/mol. The summed E-state index contributed by atoms with van der Waals surface area (Å²) in [7, 11) is 0. The highest BCUT2D eigenvalue weighted by molar-refractivity contribution is 5.90. The monoisotopic (exact) mass is 394 g/mol. The van der Waals surface area contributed by atoms with E-state index in [1.807, 2.05) is 0 Å². The minimum absolute atomic E-state index is 0.0702. The van der Waals surface area contributed by atoms with Crippen molar-refractivity contribution >= 4 is 11.9 Å². The van der Waals surface area contributed by atoms with Gasteiger partial charge in [0.15, 0.2) is 6.10 Å². The molecule has 2 atom stereocenters. The molecule has 0 bridgehead atoms. The highest BCUT2D eigenvalue weighted by Gasteiger charge is 2.45. The Kier molecular flexibility index (Phi) is 7.60. The van der Waals surface area contributed by atoms with E-state index in [0.717, 1.165) is 0 Å². The lowest BCUT2D eigenvalue weighted by Gasteiger charge is -2.30. The highest BCUT2D eigenvalue weighted by Crippen LogP contribution is 2.26. The summed E-state index contributed by atoms with van der Waals surface area (Å²) in [6, 6.07) is 15.5. The highest BCUT2D eigenvalue weighted by atomic mass is 19.3. The van der Waals surface area contributed by atoms with E-state index in [-0.39, 0.29) is 11.1 Å². The third kappa shape index (κ3) is 6.11. The van der Waals surface area contributed by atoms with E-state index in [9.17, 15) is 18.4 Å². The average molecular weight is 394 g/mol. The molecule has 0 aliphatic carbocycles. The van der Waals surface area contributed by atoms with Crippen LogP contribution in [0.4, 0.5) is 8.78 Å². The van der Waals surface area contributed by atoms with Crippen molar-refractivity contribution in [2.75, 3.05) is 13.4 Å². The van der Waals surface area contributed by atoms with Gasteiger partial charge in [0, 0.05) is 6.92 Å². The molecule has 0 aliphatic rings. The van der Waals surface area contributed by atoms with Crippen LogP contribution in [0.2, 0.25) is 0 Å². The van der Waals surface area contributed by atoms with Crippen LogP contribution in [0.1, 0.15) is 27.6 Å². The fourth-order valence-corrected chi connectivity index (χ4v) is 2.40. The lowest BCUT2D eigenvalue weighted by Crippen LogP contribution is -2.48. The van der Waals surface area contributed by atoms with E-state index in [2.05, 4.69) is 0 Å². The minimum atomic E-state index is -3.52. The Hall–Kier alpha value is -2.84. The van der Waals surface area contributed by atoms with Gasteiger partial charge < -0.3 is 19.3 Å².